The highest BCUT2D eigenvalue weighted by atomic mass is 16.5. The molecule has 0 bridgehead atoms. The Bertz CT molecular complexity index is 623. The van der Waals surface area contributed by atoms with Crippen molar-refractivity contribution in [3.8, 4) is 0 Å². The van der Waals surface area contributed by atoms with Crippen molar-refractivity contribution in [2.24, 2.45) is 11.0 Å². The molecule has 0 heterocycles. The summed E-state index contributed by atoms with van der Waals surface area (Å²) in [7, 11) is 0. The first-order valence-electron chi connectivity index (χ1n) is 7.80. The van der Waals surface area contributed by atoms with E-state index in [1.54, 1.807) is 52.0 Å². The topological polar surface area (TPSA) is 96.9 Å². The number of hydrogen-bond donors (Lipinski definition) is 2. The third-order valence-electron chi connectivity index (χ3n) is 3.35. The summed E-state index contributed by atoms with van der Waals surface area (Å²) in [5.41, 5.74) is 3.87. The van der Waals surface area contributed by atoms with Crippen molar-refractivity contribution < 1.29 is 19.1 Å². The van der Waals surface area contributed by atoms with Crippen molar-refractivity contribution in [1.82, 2.24) is 5.43 Å². The summed E-state index contributed by atoms with van der Waals surface area (Å²) < 4.78 is 4.90. The Morgan fingerprint density at radius 1 is 1.17 bits per heavy atom. The van der Waals surface area contributed by atoms with E-state index >= 15 is 0 Å². The number of amides is 2. The lowest BCUT2D eigenvalue weighted by Gasteiger charge is -2.10. The van der Waals surface area contributed by atoms with Crippen LogP contribution >= 0.6 is 0 Å². The molecule has 0 saturated carbocycles. The largest absolute Gasteiger partial charge is 0.465 e. The number of anilines is 1. The summed E-state index contributed by atoms with van der Waals surface area (Å²) >= 11 is 0. The Morgan fingerprint density at radius 3 is 2.33 bits per heavy atom. The lowest BCUT2D eigenvalue weighted by atomic mass is 10.1. The van der Waals surface area contributed by atoms with Gasteiger partial charge in [0, 0.05) is 23.4 Å². The average molecular weight is 333 g/mol. The van der Waals surface area contributed by atoms with Gasteiger partial charge in [0.2, 0.25) is 5.91 Å². The number of carbonyl (C=O) groups excluding carboxylic acids is 3. The molecule has 7 nitrogen and oxygen atoms in total. The lowest BCUT2D eigenvalue weighted by Crippen LogP contribution is -2.25. The van der Waals surface area contributed by atoms with Gasteiger partial charge in [0.1, 0.15) is 0 Å². The summed E-state index contributed by atoms with van der Waals surface area (Å²) in [5.74, 6) is -1.42. The Hall–Kier alpha value is -2.70. The lowest BCUT2D eigenvalue weighted by molar-refractivity contribution is -0.145. The summed E-state index contributed by atoms with van der Waals surface area (Å²) in [4.78, 5) is 34.9. The summed E-state index contributed by atoms with van der Waals surface area (Å²) in [6, 6.07) is 6.45. The quantitative estimate of drug-likeness (QED) is 0.455. The van der Waals surface area contributed by atoms with E-state index in [1.165, 1.54) is 0 Å². The Balaban J connectivity index is 2.66. The van der Waals surface area contributed by atoms with Gasteiger partial charge in [-0.3, -0.25) is 14.4 Å². The highest BCUT2D eigenvalue weighted by Gasteiger charge is 2.17. The molecule has 1 aromatic rings. The zero-order valence-electron chi connectivity index (χ0n) is 14.4. The van der Waals surface area contributed by atoms with E-state index in [1.807, 2.05) is 0 Å². The standard InChI is InChI=1S/C17H23N3O4/c1-5-15(21)18-14-9-7-13(8-10-14)16(22)20-19-12(4)11(3)17(23)24-6-2/h7-11H,5-6H2,1-4H3,(H,18,21)(H,20,22)/b19-12-/t11-/m0/s1. The van der Waals surface area contributed by atoms with Crippen molar-refractivity contribution in [3.05, 3.63) is 29.8 Å². The van der Waals surface area contributed by atoms with Crippen LogP contribution in [0.4, 0.5) is 5.69 Å². The van der Waals surface area contributed by atoms with Crippen LogP contribution in [0.5, 0.6) is 0 Å². The van der Waals surface area contributed by atoms with Gasteiger partial charge in [-0.05, 0) is 45.0 Å². The molecule has 0 unspecified atom stereocenters. The molecule has 130 valence electrons. The van der Waals surface area contributed by atoms with Crippen molar-refractivity contribution in [1.29, 1.82) is 0 Å². The van der Waals surface area contributed by atoms with E-state index in [-0.39, 0.29) is 11.9 Å². The molecule has 2 amide bonds. The third kappa shape index (κ3) is 5.83. The van der Waals surface area contributed by atoms with Crippen LogP contribution in [0.15, 0.2) is 29.4 Å². The number of carbonyl (C=O) groups is 3. The Morgan fingerprint density at radius 2 is 1.79 bits per heavy atom. The molecule has 0 radical (unpaired) electrons. The number of nitrogens with one attached hydrogen (secondary N) is 2. The molecule has 7 heteroatoms. The van der Waals surface area contributed by atoms with Gasteiger partial charge in [0.25, 0.3) is 5.91 Å². The van der Waals surface area contributed by atoms with Gasteiger partial charge >= 0.3 is 5.97 Å². The molecule has 0 aliphatic rings. The SMILES string of the molecule is CCOC(=O)[C@@H](C)/C(C)=N\NC(=O)c1ccc(NC(=O)CC)cc1. The smallest absolute Gasteiger partial charge is 0.314 e. The minimum atomic E-state index is -0.531. The fraction of sp³-hybridized carbons (Fsp3) is 0.412. The van der Waals surface area contributed by atoms with E-state index in [0.717, 1.165) is 0 Å². The predicted octanol–water partition coefficient (Wildman–Crippen LogP) is 2.34. The van der Waals surface area contributed by atoms with Gasteiger partial charge in [0.15, 0.2) is 0 Å². The molecule has 1 atom stereocenters. The van der Waals surface area contributed by atoms with Crippen LogP contribution in [0.3, 0.4) is 0 Å². The van der Waals surface area contributed by atoms with Crippen LogP contribution in [-0.4, -0.2) is 30.1 Å². The van der Waals surface area contributed by atoms with E-state index < -0.39 is 11.8 Å². The summed E-state index contributed by atoms with van der Waals surface area (Å²) in [5, 5.41) is 6.63. The number of rotatable bonds is 7. The van der Waals surface area contributed by atoms with Gasteiger partial charge in [0.05, 0.1) is 12.5 Å². The Kier molecular flexibility index (Phi) is 7.61. The van der Waals surface area contributed by atoms with Crippen LogP contribution in [0.1, 0.15) is 44.5 Å². The normalized spacial score (nSPS) is 12.2. The molecular formula is C17H23N3O4. The third-order valence-corrected chi connectivity index (χ3v) is 3.35. The van der Waals surface area contributed by atoms with Crippen molar-refractivity contribution in [2.45, 2.75) is 34.1 Å². The average Bonchev–Trinajstić information content (AvgIpc) is 2.59. The number of esters is 1. The second-order valence-electron chi connectivity index (χ2n) is 5.15. The van der Waals surface area contributed by atoms with E-state index in [0.29, 0.717) is 30.0 Å². The molecule has 0 aliphatic heterocycles. The number of nitrogens with zero attached hydrogens (tertiary/aromatic N) is 1. The summed E-state index contributed by atoms with van der Waals surface area (Å²) in [6.07, 6.45) is 0.384. The molecular weight excluding hydrogens is 310 g/mol. The zero-order valence-corrected chi connectivity index (χ0v) is 14.4. The van der Waals surface area contributed by atoms with Crippen LogP contribution in [0, 0.1) is 5.92 Å². The first kappa shape index (κ1) is 19.3. The Labute approximate surface area is 141 Å². The molecule has 0 fully saturated rings. The van der Waals surface area contributed by atoms with Gasteiger partial charge < -0.3 is 10.1 Å². The highest BCUT2D eigenvalue weighted by Crippen LogP contribution is 2.10. The molecule has 2 N–H and O–H groups in total. The van der Waals surface area contributed by atoms with Gasteiger partial charge in [-0.1, -0.05) is 6.92 Å². The van der Waals surface area contributed by atoms with Crippen molar-refractivity contribution in [3.63, 3.8) is 0 Å². The van der Waals surface area contributed by atoms with Gasteiger partial charge in [-0.25, -0.2) is 5.43 Å². The van der Waals surface area contributed by atoms with Crippen LogP contribution in [-0.2, 0) is 14.3 Å². The monoisotopic (exact) mass is 333 g/mol. The van der Waals surface area contributed by atoms with Crippen molar-refractivity contribution >= 4 is 29.2 Å². The maximum Gasteiger partial charge on any atom is 0.314 e. The van der Waals surface area contributed by atoms with Crippen LogP contribution in [0.25, 0.3) is 0 Å². The van der Waals surface area contributed by atoms with Gasteiger partial charge in [-0.2, -0.15) is 5.10 Å². The molecule has 0 aliphatic carbocycles. The summed E-state index contributed by atoms with van der Waals surface area (Å²) in [6.45, 7) is 7.09. The molecule has 0 aromatic heterocycles. The molecule has 24 heavy (non-hydrogen) atoms. The second-order valence-corrected chi connectivity index (χ2v) is 5.15. The van der Waals surface area contributed by atoms with E-state index in [2.05, 4.69) is 15.8 Å². The minimum absolute atomic E-state index is 0.0969. The first-order chi connectivity index (χ1) is 11.4. The van der Waals surface area contributed by atoms with Gasteiger partial charge in [-0.15, -0.1) is 0 Å². The predicted molar refractivity (Wildman–Crippen MR) is 91.7 cm³/mol. The minimum Gasteiger partial charge on any atom is -0.465 e. The number of benzene rings is 1. The fourth-order valence-corrected chi connectivity index (χ4v) is 1.69. The maximum atomic E-state index is 12.0. The number of hydrazone groups is 1. The second kappa shape index (κ2) is 9.44. The zero-order chi connectivity index (χ0) is 18.1. The maximum absolute atomic E-state index is 12.0. The molecule has 0 spiro atoms. The fourth-order valence-electron chi connectivity index (χ4n) is 1.69. The first-order valence-corrected chi connectivity index (χ1v) is 7.80. The van der Waals surface area contributed by atoms with Crippen LogP contribution in [0.2, 0.25) is 0 Å². The van der Waals surface area contributed by atoms with E-state index in [4.69, 9.17) is 4.74 Å². The molecule has 1 aromatic carbocycles. The number of ether oxygens (including phenoxy) is 1. The highest BCUT2D eigenvalue weighted by molar-refractivity contribution is 6.02. The van der Waals surface area contributed by atoms with Crippen molar-refractivity contribution in [2.75, 3.05) is 11.9 Å². The number of hydrogen-bond acceptors (Lipinski definition) is 5. The van der Waals surface area contributed by atoms with Crippen LogP contribution < -0.4 is 10.7 Å². The van der Waals surface area contributed by atoms with E-state index in [9.17, 15) is 14.4 Å². The molecule has 0 saturated heterocycles. The molecule has 1 rings (SSSR count).